The van der Waals surface area contributed by atoms with Crippen LogP contribution in [0.5, 0.6) is 0 Å². The summed E-state index contributed by atoms with van der Waals surface area (Å²) in [5.41, 5.74) is 3.01. The second-order valence-corrected chi connectivity index (χ2v) is 9.01. The molecule has 2 aromatic rings. The van der Waals surface area contributed by atoms with E-state index in [1.165, 1.54) is 6.92 Å². The molecule has 1 amide bonds. The zero-order valence-corrected chi connectivity index (χ0v) is 16.9. The number of nitrogens with one attached hydrogen (secondary N) is 2. The highest BCUT2D eigenvalue weighted by atomic mass is 35.5. The van der Waals surface area contributed by atoms with Crippen LogP contribution < -0.4 is 14.9 Å². The van der Waals surface area contributed by atoms with Crippen molar-refractivity contribution in [2.45, 2.75) is 32.4 Å². The summed E-state index contributed by atoms with van der Waals surface area (Å²) in [5, 5.41) is 4.15. The third kappa shape index (κ3) is 4.54. The molecule has 8 heteroatoms. The maximum absolute atomic E-state index is 12.2. The van der Waals surface area contributed by atoms with Gasteiger partial charge >= 0.3 is 0 Å². The predicted octanol–water partition coefficient (Wildman–Crippen LogP) is 4.01. The number of anilines is 3. The summed E-state index contributed by atoms with van der Waals surface area (Å²) in [6, 6.07) is 12.7. The fraction of sp³-hybridized carbons (Fsp3) is 0.316. The van der Waals surface area contributed by atoms with E-state index in [9.17, 15) is 13.2 Å². The van der Waals surface area contributed by atoms with Gasteiger partial charge in [0.25, 0.3) is 0 Å². The first kappa shape index (κ1) is 19.5. The monoisotopic (exact) mass is 407 g/mol. The zero-order valence-electron chi connectivity index (χ0n) is 15.4. The van der Waals surface area contributed by atoms with Gasteiger partial charge in [-0.1, -0.05) is 17.7 Å². The minimum absolute atomic E-state index is 0.0148. The minimum atomic E-state index is -3.40. The van der Waals surface area contributed by atoms with Crippen molar-refractivity contribution in [1.29, 1.82) is 0 Å². The maximum Gasteiger partial charge on any atom is 0.229 e. The third-order valence-electron chi connectivity index (χ3n) is 4.51. The summed E-state index contributed by atoms with van der Waals surface area (Å²) in [4.78, 5) is 13.9. The van der Waals surface area contributed by atoms with Crippen LogP contribution in [-0.4, -0.2) is 26.6 Å². The molecule has 0 radical (unpaired) electrons. The van der Waals surface area contributed by atoms with Gasteiger partial charge in [-0.3, -0.25) is 9.52 Å². The van der Waals surface area contributed by atoms with Crippen molar-refractivity contribution < 1.29 is 13.2 Å². The number of amides is 1. The third-order valence-corrected chi connectivity index (χ3v) is 5.37. The predicted molar refractivity (Wildman–Crippen MR) is 110 cm³/mol. The second kappa shape index (κ2) is 7.40. The number of carbonyl (C=O) groups excluding carboxylic acids is 1. The van der Waals surface area contributed by atoms with Crippen LogP contribution in [0.15, 0.2) is 42.5 Å². The molecule has 0 saturated carbocycles. The number of halogens is 1. The first-order valence-corrected chi connectivity index (χ1v) is 10.8. The highest BCUT2D eigenvalue weighted by Crippen LogP contribution is 2.40. The molecule has 0 aliphatic carbocycles. The normalized spacial score (nSPS) is 19.3. The van der Waals surface area contributed by atoms with Crippen LogP contribution in [-0.2, 0) is 14.8 Å². The van der Waals surface area contributed by atoms with E-state index in [1.54, 1.807) is 17.0 Å². The number of nitrogens with zero attached hydrogens (tertiary/aromatic N) is 1. The molecule has 2 unspecified atom stereocenters. The van der Waals surface area contributed by atoms with Gasteiger partial charge in [-0.15, -0.1) is 0 Å². The lowest BCUT2D eigenvalue weighted by atomic mass is 9.91. The molecule has 0 fully saturated rings. The molecule has 0 saturated heterocycles. The Labute approximate surface area is 164 Å². The van der Waals surface area contributed by atoms with Crippen LogP contribution >= 0.6 is 11.6 Å². The number of benzene rings is 2. The molecule has 3 rings (SSSR count). The van der Waals surface area contributed by atoms with Gasteiger partial charge in [0.1, 0.15) is 0 Å². The van der Waals surface area contributed by atoms with Crippen LogP contribution in [0.2, 0.25) is 5.02 Å². The Balaban J connectivity index is 2.00. The van der Waals surface area contributed by atoms with Crippen LogP contribution in [0.4, 0.5) is 17.1 Å². The van der Waals surface area contributed by atoms with E-state index in [0.29, 0.717) is 16.4 Å². The summed E-state index contributed by atoms with van der Waals surface area (Å²) in [6.07, 6.45) is 1.83. The summed E-state index contributed by atoms with van der Waals surface area (Å²) in [5.74, 6) is -0.0785. The fourth-order valence-electron chi connectivity index (χ4n) is 3.50. The lowest BCUT2D eigenvalue weighted by molar-refractivity contribution is -0.117. The van der Waals surface area contributed by atoms with Gasteiger partial charge in [0.05, 0.1) is 23.7 Å². The molecule has 2 aromatic carbocycles. The van der Waals surface area contributed by atoms with Crippen LogP contribution in [0.1, 0.15) is 31.9 Å². The molecule has 0 aromatic heterocycles. The minimum Gasteiger partial charge on any atom is -0.378 e. The largest absolute Gasteiger partial charge is 0.378 e. The van der Waals surface area contributed by atoms with Crippen molar-refractivity contribution in [3.8, 4) is 0 Å². The van der Waals surface area contributed by atoms with Gasteiger partial charge < -0.3 is 10.2 Å². The standard InChI is InChI=1S/C19H22ClN3O3S/c1-12-10-18(21-15-6-4-14(20)5-7-15)17-9-8-16(22-27(3,25)26)11-19(17)23(12)13(2)24/h4-9,11-12,18,21-22H,10H2,1-3H3. The van der Waals surface area contributed by atoms with Crippen molar-refractivity contribution in [1.82, 2.24) is 0 Å². The van der Waals surface area contributed by atoms with Gasteiger partial charge in [0.2, 0.25) is 15.9 Å². The lowest BCUT2D eigenvalue weighted by Crippen LogP contribution is -2.43. The average Bonchev–Trinajstić information content (AvgIpc) is 2.54. The van der Waals surface area contributed by atoms with E-state index in [2.05, 4.69) is 10.0 Å². The topological polar surface area (TPSA) is 78.5 Å². The first-order chi connectivity index (χ1) is 12.6. The molecule has 2 atom stereocenters. The lowest BCUT2D eigenvalue weighted by Gasteiger charge is -2.39. The number of carbonyl (C=O) groups is 1. The fourth-order valence-corrected chi connectivity index (χ4v) is 4.18. The first-order valence-electron chi connectivity index (χ1n) is 8.57. The van der Waals surface area contributed by atoms with E-state index in [1.807, 2.05) is 37.3 Å². The molecule has 1 aliphatic rings. The Bertz CT molecular complexity index is 961. The quantitative estimate of drug-likeness (QED) is 0.802. The number of fused-ring (bicyclic) bond motifs is 1. The van der Waals surface area contributed by atoms with Crippen molar-refractivity contribution in [2.75, 3.05) is 21.2 Å². The van der Waals surface area contributed by atoms with E-state index in [4.69, 9.17) is 11.6 Å². The molecule has 144 valence electrons. The highest BCUT2D eigenvalue weighted by Gasteiger charge is 2.32. The summed E-state index contributed by atoms with van der Waals surface area (Å²) in [6.45, 7) is 3.50. The van der Waals surface area contributed by atoms with E-state index in [-0.39, 0.29) is 18.0 Å². The molecule has 0 spiro atoms. The molecule has 0 bridgehead atoms. The Morgan fingerprint density at radius 2 is 1.78 bits per heavy atom. The smallest absolute Gasteiger partial charge is 0.229 e. The van der Waals surface area contributed by atoms with Crippen molar-refractivity contribution in [3.05, 3.63) is 53.1 Å². The maximum atomic E-state index is 12.2. The number of hydrogen-bond donors (Lipinski definition) is 2. The van der Waals surface area contributed by atoms with Crippen LogP contribution in [0, 0.1) is 0 Å². The van der Waals surface area contributed by atoms with Crippen LogP contribution in [0.3, 0.4) is 0 Å². The zero-order chi connectivity index (χ0) is 19.8. The molecule has 27 heavy (non-hydrogen) atoms. The summed E-state index contributed by atoms with van der Waals surface area (Å²) < 4.78 is 25.6. The highest BCUT2D eigenvalue weighted by molar-refractivity contribution is 7.92. The van der Waals surface area contributed by atoms with Gasteiger partial charge in [-0.2, -0.15) is 0 Å². The Hall–Kier alpha value is -2.25. The van der Waals surface area contributed by atoms with Crippen molar-refractivity contribution in [2.24, 2.45) is 0 Å². The van der Waals surface area contributed by atoms with Gasteiger partial charge in [0.15, 0.2) is 0 Å². The van der Waals surface area contributed by atoms with E-state index in [0.717, 1.165) is 23.9 Å². The Kier molecular flexibility index (Phi) is 5.35. The second-order valence-electron chi connectivity index (χ2n) is 6.83. The molecular formula is C19H22ClN3O3S. The van der Waals surface area contributed by atoms with E-state index < -0.39 is 10.0 Å². The van der Waals surface area contributed by atoms with Crippen molar-refractivity contribution in [3.63, 3.8) is 0 Å². The van der Waals surface area contributed by atoms with E-state index >= 15 is 0 Å². The van der Waals surface area contributed by atoms with Gasteiger partial charge in [0, 0.05) is 23.7 Å². The van der Waals surface area contributed by atoms with Gasteiger partial charge in [-0.25, -0.2) is 8.42 Å². The molecule has 2 N–H and O–H groups in total. The Morgan fingerprint density at radius 1 is 1.15 bits per heavy atom. The van der Waals surface area contributed by atoms with Crippen molar-refractivity contribution >= 4 is 44.6 Å². The van der Waals surface area contributed by atoms with Crippen LogP contribution in [0.25, 0.3) is 0 Å². The number of rotatable bonds is 4. The average molecular weight is 408 g/mol. The molecule has 6 nitrogen and oxygen atoms in total. The SMILES string of the molecule is CC(=O)N1c2cc(NS(C)(=O)=O)ccc2C(Nc2ccc(Cl)cc2)CC1C. The van der Waals surface area contributed by atoms with Gasteiger partial charge in [-0.05, 0) is 55.3 Å². The number of sulfonamides is 1. The number of hydrogen-bond acceptors (Lipinski definition) is 4. The molecule has 1 aliphatic heterocycles. The molecular weight excluding hydrogens is 386 g/mol. The Morgan fingerprint density at radius 3 is 2.37 bits per heavy atom. The summed E-state index contributed by atoms with van der Waals surface area (Å²) in [7, 11) is -3.40. The molecule has 1 heterocycles. The summed E-state index contributed by atoms with van der Waals surface area (Å²) >= 11 is 5.95.